The molecule has 0 aromatic carbocycles. The van der Waals surface area contributed by atoms with Crippen LogP contribution < -0.4 is 5.32 Å². The van der Waals surface area contributed by atoms with Crippen LogP contribution in [0.1, 0.15) is 28.9 Å². The van der Waals surface area contributed by atoms with Gasteiger partial charge in [0.15, 0.2) is 5.82 Å². The van der Waals surface area contributed by atoms with E-state index in [0.717, 1.165) is 18.0 Å². The quantitative estimate of drug-likeness (QED) is 0.910. The van der Waals surface area contributed by atoms with E-state index >= 15 is 0 Å². The number of carbonyl (C=O) groups excluding carboxylic acids is 1. The maximum atomic E-state index is 12.1. The van der Waals surface area contributed by atoms with Gasteiger partial charge in [-0.05, 0) is 25.2 Å². The molecule has 2 aromatic rings. The summed E-state index contributed by atoms with van der Waals surface area (Å²) in [5, 5.41) is 10.1. The van der Waals surface area contributed by atoms with Gasteiger partial charge in [0.1, 0.15) is 0 Å². The molecule has 104 valence electrons. The lowest BCUT2D eigenvalue weighted by atomic mass is 10.2. The summed E-state index contributed by atoms with van der Waals surface area (Å²) >= 11 is 11.9. The van der Waals surface area contributed by atoms with Crippen molar-refractivity contribution in [3.05, 3.63) is 39.8 Å². The standard InChI is InChI=1S/C13H12Cl2N4O/c14-9-5-16-6-10(15)12(9)13(20)17-11-4-8(18-19-11)3-7-1-2-7/h4-7H,1-3H2,(H2,17,18,19,20). The van der Waals surface area contributed by atoms with Gasteiger partial charge in [0.2, 0.25) is 0 Å². The number of pyridine rings is 1. The van der Waals surface area contributed by atoms with E-state index < -0.39 is 5.91 Å². The van der Waals surface area contributed by atoms with Crippen LogP contribution in [0, 0.1) is 5.92 Å². The van der Waals surface area contributed by atoms with Gasteiger partial charge in [-0.3, -0.25) is 14.9 Å². The zero-order chi connectivity index (χ0) is 14.1. The summed E-state index contributed by atoms with van der Waals surface area (Å²) in [7, 11) is 0. The summed E-state index contributed by atoms with van der Waals surface area (Å²) in [6.45, 7) is 0. The summed E-state index contributed by atoms with van der Waals surface area (Å²) < 4.78 is 0. The predicted molar refractivity (Wildman–Crippen MR) is 77.2 cm³/mol. The highest BCUT2D eigenvalue weighted by Gasteiger charge is 2.23. The Bertz CT molecular complexity index is 631. The second-order valence-corrected chi connectivity index (χ2v) is 5.67. The number of halogens is 2. The molecule has 2 heterocycles. The van der Waals surface area contributed by atoms with Crippen LogP contribution in [0.3, 0.4) is 0 Å². The van der Waals surface area contributed by atoms with Crippen molar-refractivity contribution in [1.82, 2.24) is 15.2 Å². The van der Waals surface area contributed by atoms with Crippen LogP contribution in [0.4, 0.5) is 5.82 Å². The van der Waals surface area contributed by atoms with E-state index in [9.17, 15) is 4.79 Å². The van der Waals surface area contributed by atoms with E-state index in [4.69, 9.17) is 23.2 Å². The molecule has 1 aliphatic rings. The summed E-state index contributed by atoms with van der Waals surface area (Å²) in [5.74, 6) is 0.824. The molecular formula is C13H12Cl2N4O. The molecule has 0 aliphatic heterocycles. The van der Waals surface area contributed by atoms with Crippen molar-refractivity contribution >= 4 is 34.9 Å². The molecule has 2 aromatic heterocycles. The number of aromatic nitrogens is 3. The summed E-state index contributed by atoms with van der Waals surface area (Å²) in [6.07, 6.45) is 6.27. The minimum atomic E-state index is -0.396. The second-order valence-electron chi connectivity index (χ2n) is 4.86. The number of anilines is 1. The largest absolute Gasteiger partial charge is 0.305 e. The Balaban J connectivity index is 1.73. The fourth-order valence-corrected chi connectivity index (χ4v) is 2.51. The molecule has 0 unspecified atom stereocenters. The van der Waals surface area contributed by atoms with Crippen LogP contribution in [-0.2, 0) is 6.42 Å². The first kappa shape index (κ1) is 13.4. The highest BCUT2D eigenvalue weighted by molar-refractivity contribution is 6.40. The highest BCUT2D eigenvalue weighted by Crippen LogP contribution is 2.32. The number of aromatic amines is 1. The van der Waals surface area contributed by atoms with E-state index in [2.05, 4.69) is 20.5 Å². The second kappa shape index (κ2) is 5.42. The Morgan fingerprint density at radius 3 is 2.70 bits per heavy atom. The molecule has 1 saturated carbocycles. The molecule has 1 amide bonds. The molecule has 0 radical (unpaired) electrons. The molecule has 20 heavy (non-hydrogen) atoms. The number of nitrogens with one attached hydrogen (secondary N) is 2. The molecule has 3 rings (SSSR count). The lowest BCUT2D eigenvalue weighted by Crippen LogP contribution is -2.13. The zero-order valence-corrected chi connectivity index (χ0v) is 12.0. The third-order valence-corrected chi connectivity index (χ3v) is 3.73. The Hall–Kier alpha value is -1.59. The Kier molecular flexibility index (Phi) is 3.63. The normalized spacial score (nSPS) is 14.3. The maximum Gasteiger partial charge on any atom is 0.260 e. The molecular weight excluding hydrogens is 299 g/mol. The van der Waals surface area contributed by atoms with Crippen molar-refractivity contribution in [2.24, 2.45) is 5.92 Å². The third-order valence-electron chi connectivity index (χ3n) is 3.16. The fourth-order valence-electron chi connectivity index (χ4n) is 1.97. The van der Waals surface area contributed by atoms with E-state index in [-0.39, 0.29) is 15.6 Å². The Labute approximate surface area is 125 Å². The van der Waals surface area contributed by atoms with Crippen molar-refractivity contribution in [1.29, 1.82) is 0 Å². The Morgan fingerprint density at radius 1 is 1.35 bits per heavy atom. The molecule has 1 aliphatic carbocycles. The highest BCUT2D eigenvalue weighted by atomic mass is 35.5. The van der Waals surface area contributed by atoms with Crippen molar-refractivity contribution in [3.63, 3.8) is 0 Å². The van der Waals surface area contributed by atoms with Crippen LogP contribution in [0.15, 0.2) is 18.5 Å². The number of hydrogen-bond acceptors (Lipinski definition) is 3. The molecule has 0 spiro atoms. The third kappa shape index (κ3) is 2.94. The van der Waals surface area contributed by atoms with Crippen molar-refractivity contribution in [2.45, 2.75) is 19.3 Å². The van der Waals surface area contributed by atoms with Gasteiger partial charge in [0, 0.05) is 24.2 Å². The number of carbonyl (C=O) groups is 1. The maximum absolute atomic E-state index is 12.1. The van der Waals surface area contributed by atoms with Crippen LogP contribution in [0.25, 0.3) is 0 Å². The van der Waals surface area contributed by atoms with Gasteiger partial charge in [0.05, 0.1) is 15.6 Å². The van der Waals surface area contributed by atoms with Gasteiger partial charge < -0.3 is 5.32 Å². The molecule has 0 bridgehead atoms. The molecule has 0 atom stereocenters. The van der Waals surface area contributed by atoms with Gasteiger partial charge in [-0.2, -0.15) is 5.10 Å². The number of nitrogens with zero attached hydrogens (tertiary/aromatic N) is 2. The summed E-state index contributed by atoms with van der Waals surface area (Å²) in [6, 6.07) is 1.83. The van der Waals surface area contributed by atoms with Crippen LogP contribution in [0.5, 0.6) is 0 Å². The summed E-state index contributed by atoms with van der Waals surface area (Å²) in [4.78, 5) is 15.9. The monoisotopic (exact) mass is 310 g/mol. The van der Waals surface area contributed by atoms with Crippen LogP contribution in [0.2, 0.25) is 10.0 Å². The van der Waals surface area contributed by atoms with Gasteiger partial charge in [-0.25, -0.2) is 0 Å². The van der Waals surface area contributed by atoms with Crippen molar-refractivity contribution in [3.8, 4) is 0 Å². The first-order chi connectivity index (χ1) is 9.63. The predicted octanol–water partition coefficient (Wildman–Crippen LogP) is 3.32. The van der Waals surface area contributed by atoms with Crippen molar-refractivity contribution < 1.29 is 4.79 Å². The van der Waals surface area contributed by atoms with Crippen LogP contribution >= 0.6 is 23.2 Å². The lowest BCUT2D eigenvalue weighted by Gasteiger charge is -2.05. The van der Waals surface area contributed by atoms with E-state index in [1.807, 2.05) is 6.07 Å². The number of rotatable bonds is 4. The van der Waals surface area contributed by atoms with Gasteiger partial charge in [-0.15, -0.1) is 0 Å². The molecule has 7 heteroatoms. The minimum absolute atomic E-state index is 0.204. The van der Waals surface area contributed by atoms with Crippen molar-refractivity contribution in [2.75, 3.05) is 5.32 Å². The first-order valence-corrected chi connectivity index (χ1v) is 7.03. The molecule has 5 nitrogen and oxygen atoms in total. The fraction of sp³-hybridized carbons (Fsp3) is 0.308. The zero-order valence-electron chi connectivity index (χ0n) is 10.5. The SMILES string of the molecule is O=C(Nc1cc(CC2CC2)[nH]n1)c1c(Cl)cncc1Cl. The molecule has 1 fully saturated rings. The first-order valence-electron chi connectivity index (χ1n) is 6.28. The molecule has 2 N–H and O–H groups in total. The summed E-state index contributed by atoms with van der Waals surface area (Å²) in [5.41, 5.74) is 1.23. The number of hydrogen-bond donors (Lipinski definition) is 2. The van der Waals surface area contributed by atoms with E-state index in [0.29, 0.717) is 5.82 Å². The van der Waals surface area contributed by atoms with E-state index in [1.54, 1.807) is 0 Å². The smallest absolute Gasteiger partial charge is 0.260 e. The average molecular weight is 311 g/mol. The van der Waals surface area contributed by atoms with Gasteiger partial charge in [0.25, 0.3) is 5.91 Å². The van der Waals surface area contributed by atoms with E-state index in [1.165, 1.54) is 25.2 Å². The minimum Gasteiger partial charge on any atom is -0.305 e. The van der Waals surface area contributed by atoms with Crippen LogP contribution in [-0.4, -0.2) is 21.1 Å². The average Bonchev–Trinajstić information content (AvgIpc) is 3.09. The lowest BCUT2D eigenvalue weighted by molar-refractivity contribution is 0.102. The number of H-pyrrole nitrogens is 1. The molecule has 0 saturated heterocycles. The number of amides is 1. The van der Waals surface area contributed by atoms with Gasteiger partial charge >= 0.3 is 0 Å². The topological polar surface area (TPSA) is 70.7 Å². The Morgan fingerprint density at radius 2 is 2.05 bits per heavy atom. The van der Waals surface area contributed by atoms with Gasteiger partial charge in [-0.1, -0.05) is 23.2 Å².